The van der Waals surface area contributed by atoms with Crippen LogP contribution < -0.4 is 45.8 Å². The van der Waals surface area contributed by atoms with E-state index in [1.54, 1.807) is 24.3 Å². The van der Waals surface area contributed by atoms with E-state index in [9.17, 15) is 23.2 Å². The first kappa shape index (κ1) is 33.2. The SMILES string of the molecule is CCC1CC(S(=O)(=O)[O-])C2C=C(C(O)c3ccc(O)cc3)CC3C=Cc4cc(ccc4C32)C(N=C(N)N)Oc2ccc1cc2.[Na+]. The number of aromatic hydroxyl groups is 1. The number of phenols is 1. The van der Waals surface area contributed by atoms with E-state index >= 15 is 0 Å². The van der Waals surface area contributed by atoms with E-state index in [0.29, 0.717) is 35.3 Å². The second-order valence-corrected chi connectivity index (χ2v) is 13.5. The number of nitrogens with two attached hydrogens (primary N) is 2. The van der Waals surface area contributed by atoms with Crippen LogP contribution in [-0.2, 0) is 10.1 Å². The predicted octanol–water partition coefficient (Wildman–Crippen LogP) is 1.96. The summed E-state index contributed by atoms with van der Waals surface area (Å²) in [7, 11) is -4.78. The van der Waals surface area contributed by atoms with E-state index in [0.717, 1.165) is 16.7 Å². The van der Waals surface area contributed by atoms with Crippen molar-refractivity contribution >= 4 is 22.2 Å². The zero-order chi connectivity index (χ0) is 31.2. The van der Waals surface area contributed by atoms with Crippen molar-refractivity contribution < 1.29 is 57.5 Å². The molecule has 0 fully saturated rings. The number of benzene rings is 3. The summed E-state index contributed by atoms with van der Waals surface area (Å²) in [4.78, 5) is 4.33. The maximum Gasteiger partial charge on any atom is 1.00 e. The fraction of sp³-hybridized carbons (Fsp3) is 0.324. The molecule has 9 nitrogen and oxygen atoms in total. The molecule has 0 radical (unpaired) electrons. The number of rotatable bonds is 5. The summed E-state index contributed by atoms with van der Waals surface area (Å²) in [6.45, 7) is 1.98. The van der Waals surface area contributed by atoms with Crippen molar-refractivity contribution in [2.45, 2.75) is 55.6 Å². The average molecular weight is 638 g/mol. The van der Waals surface area contributed by atoms with Gasteiger partial charge in [0.05, 0.1) is 15.4 Å². The summed E-state index contributed by atoms with van der Waals surface area (Å²) in [6, 6.07) is 19.4. The van der Waals surface area contributed by atoms with Gasteiger partial charge in [0.1, 0.15) is 17.6 Å². The monoisotopic (exact) mass is 637 g/mol. The molecule has 230 valence electrons. The van der Waals surface area contributed by atoms with Gasteiger partial charge in [-0.05, 0) is 95.2 Å². The quantitative estimate of drug-likeness (QED) is 0.108. The van der Waals surface area contributed by atoms with Gasteiger partial charge in [0.25, 0.3) is 0 Å². The predicted molar refractivity (Wildman–Crippen MR) is 168 cm³/mol. The van der Waals surface area contributed by atoms with Crippen LogP contribution in [0.2, 0.25) is 0 Å². The Hall–Kier alpha value is -3.12. The zero-order valence-electron chi connectivity index (χ0n) is 25.3. The number of hydrogen-bond acceptors (Lipinski definition) is 7. The van der Waals surface area contributed by atoms with Gasteiger partial charge >= 0.3 is 29.6 Å². The van der Waals surface area contributed by atoms with Crippen LogP contribution in [0.3, 0.4) is 0 Å². The van der Waals surface area contributed by atoms with Crippen LogP contribution in [0, 0.1) is 11.8 Å². The topological polar surface area (TPSA) is 171 Å². The van der Waals surface area contributed by atoms with Gasteiger partial charge in [0, 0.05) is 11.5 Å². The number of allylic oxidation sites excluding steroid dienone is 2. The van der Waals surface area contributed by atoms with Gasteiger partial charge in [0.2, 0.25) is 6.23 Å². The van der Waals surface area contributed by atoms with Crippen molar-refractivity contribution in [3.8, 4) is 11.5 Å². The van der Waals surface area contributed by atoms with Gasteiger partial charge < -0.3 is 31.0 Å². The summed E-state index contributed by atoms with van der Waals surface area (Å²) in [5, 5.41) is 20.0. The van der Waals surface area contributed by atoms with Crippen LogP contribution in [0.5, 0.6) is 11.5 Å². The second kappa shape index (κ2) is 13.3. The first-order valence-corrected chi connectivity index (χ1v) is 16.3. The molecular weight excluding hydrogens is 601 g/mol. The molecule has 0 saturated heterocycles. The molecule has 0 saturated carbocycles. The first-order valence-electron chi connectivity index (χ1n) is 14.8. The van der Waals surface area contributed by atoms with Crippen molar-refractivity contribution in [3.63, 3.8) is 0 Å². The molecule has 45 heavy (non-hydrogen) atoms. The Kier molecular flexibility index (Phi) is 9.84. The minimum absolute atomic E-state index is 0. The molecule has 6 aliphatic rings. The minimum atomic E-state index is -4.78. The fourth-order valence-corrected chi connectivity index (χ4v) is 8.20. The van der Waals surface area contributed by atoms with Crippen molar-refractivity contribution in [2.75, 3.05) is 0 Å². The standard InChI is InChI=1S/C34H37N3O6S.Na/c1-2-19-18-30(44(40,41)42)29-17-25(32(39)21-5-10-26(38)11-6-21)16-23-4-3-22-15-24(9-14-28(22)31(23)29)33(37-34(35)36)43-27-12-7-20(19)8-13-27;/h3-15,17,19,23,29-33,38-39H,2,16,18H2,1H3,(H4,35,36,37)(H,40,41,42);/q;+1/p-1. The van der Waals surface area contributed by atoms with Gasteiger partial charge in [-0.25, -0.2) is 13.4 Å². The Labute approximate surface area is 285 Å². The third-order valence-corrected chi connectivity index (χ3v) is 10.5. The normalized spacial score (nSPS) is 26.0. The molecule has 11 heteroatoms. The summed E-state index contributed by atoms with van der Waals surface area (Å²) in [6.07, 6.45) is 5.25. The van der Waals surface area contributed by atoms with Gasteiger partial charge in [-0.15, -0.1) is 0 Å². The molecule has 9 rings (SSSR count). The van der Waals surface area contributed by atoms with E-state index in [1.165, 1.54) is 12.1 Å². The summed E-state index contributed by atoms with van der Waals surface area (Å²) in [5.41, 5.74) is 16.2. The molecule has 3 aromatic rings. The maximum absolute atomic E-state index is 13.2. The zero-order valence-corrected chi connectivity index (χ0v) is 28.1. The van der Waals surface area contributed by atoms with Gasteiger partial charge in [-0.2, -0.15) is 0 Å². The number of nitrogens with zero attached hydrogens (tertiary/aromatic N) is 1. The maximum atomic E-state index is 13.2. The molecular formula is C34H36N3NaO6S. The van der Waals surface area contributed by atoms with E-state index in [-0.39, 0.29) is 65.4 Å². The molecule has 0 amide bonds. The molecule has 3 aromatic carbocycles. The number of ether oxygens (including phenoxy) is 1. The third kappa shape index (κ3) is 6.86. The van der Waals surface area contributed by atoms with E-state index in [2.05, 4.69) is 4.99 Å². The van der Waals surface area contributed by atoms with Crippen LogP contribution in [0.25, 0.3) is 6.08 Å². The van der Waals surface area contributed by atoms with E-state index in [4.69, 9.17) is 16.2 Å². The number of aliphatic hydroxyl groups is 1. The van der Waals surface area contributed by atoms with Crippen molar-refractivity contribution in [3.05, 3.63) is 112 Å². The Balaban J connectivity index is 0.00000400. The molecule has 6 bridgehead atoms. The van der Waals surface area contributed by atoms with Crippen LogP contribution in [-0.4, -0.2) is 34.4 Å². The number of guanidine groups is 1. The number of aliphatic hydroxyl groups excluding tert-OH is 1. The van der Waals surface area contributed by atoms with Crippen LogP contribution >= 0.6 is 0 Å². The van der Waals surface area contributed by atoms with Crippen molar-refractivity contribution in [1.82, 2.24) is 0 Å². The Bertz CT molecular complexity index is 1740. The van der Waals surface area contributed by atoms with Gasteiger partial charge in [-0.1, -0.05) is 61.5 Å². The molecule has 4 heterocycles. The third-order valence-electron chi connectivity index (χ3n) is 9.27. The Morgan fingerprint density at radius 2 is 1.76 bits per heavy atom. The number of aliphatic imine (C=N–C) groups is 1. The summed E-state index contributed by atoms with van der Waals surface area (Å²) < 4.78 is 45.8. The van der Waals surface area contributed by atoms with Crippen molar-refractivity contribution in [2.24, 2.45) is 28.3 Å². The van der Waals surface area contributed by atoms with E-state index < -0.39 is 33.6 Å². The molecule has 7 atom stereocenters. The first-order chi connectivity index (χ1) is 21.0. The molecule has 2 aliphatic carbocycles. The van der Waals surface area contributed by atoms with E-state index in [1.807, 2.05) is 55.5 Å². The smallest absolute Gasteiger partial charge is 0.748 e. The summed E-state index contributed by atoms with van der Waals surface area (Å²) in [5.74, 6) is -0.889. The summed E-state index contributed by atoms with van der Waals surface area (Å²) >= 11 is 0. The average Bonchev–Trinajstić information content (AvgIpc) is 3.00. The Morgan fingerprint density at radius 1 is 1.07 bits per heavy atom. The second-order valence-electron chi connectivity index (χ2n) is 11.9. The number of phenolic OH excluding ortho intramolecular Hbond substituents is 1. The molecule has 4 aliphatic heterocycles. The Morgan fingerprint density at radius 3 is 2.40 bits per heavy atom. The molecule has 0 spiro atoms. The van der Waals surface area contributed by atoms with Crippen LogP contribution in [0.1, 0.15) is 78.2 Å². The van der Waals surface area contributed by atoms with Crippen LogP contribution in [0.4, 0.5) is 0 Å². The van der Waals surface area contributed by atoms with Crippen molar-refractivity contribution in [1.29, 1.82) is 0 Å². The van der Waals surface area contributed by atoms with Gasteiger partial charge in [0.15, 0.2) is 5.96 Å². The molecule has 6 N–H and O–H groups in total. The largest absolute Gasteiger partial charge is 1.00 e. The number of hydrogen-bond donors (Lipinski definition) is 4. The fourth-order valence-electron chi connectivity index (χ4n) is 7.10. The van der Waals surface area contributed by atoms with Gasteiger partial charge in [-0.3, -0.25) is 0 Å². The molecule has 0 aromatic heterocycles. The minimum Gasteiger partial charge on any atom is -0.748 e. The van der Waals surface area contributed by atoms with Crippen LogP contribution in [0.15, 0.2) is 89.4 Å². The molecule has 7 unspecified atom stereocenters.